The van der Waals surface area contributed by atoms with Gasteiger partial charge in [0.15, 0.2) is 0 Å². The van der Waals surface area contributed by atoms with E-state index in [9.17, 15) is 26.4 Å². The molecule has 20 heavy (non-hydrogen) atoms. The van der Waals surface area contributed by atoms with Gasteiger partial charge in [0, 0.05) is 7.05 Å². The molecule has 0 amide bonds. The molecule has 1 atom stereocenters. The second kappa shape index (κ2) is 5.41. The molecule has 1 N–H and O–H groups in total. The fourth-order valence-electron chi connectivity index (χ4n) is 1.35. The lowest BCUT2D eigenvalue weighted by Gasteiger charge is -2.21. The van der Waals surface area contributed by atoms with Crippen LogP contribution in [-0.2, 0) is 21.0 Å². The number of halogens is 3. The van der Waals surface area contributed by atoms with Crippen LogP contribution in [0, 0.1) is 0 Å². The van der Waals surface area contributed by atoms with Crippen LogP contribution in [0.5, 0.6) is 0 Å². The molecule has 0 radical (unpaired) electrons. The maximum Gasteiger partial charge on any atom is 0.416 e. The number of nitrogens with zero attached hydrogens (tertiary/aromatic N) is 1. The monoisotopic (exact) mass is 311 g/mol. The molecule has 0 saturated heterocycles. The van der Waals surface area contributed by atoms with Gasteiger partial charge in [0.25, 0.3) is 0 Å². The maximum absolute atomic E-state index is 12.4. The fraction of sp³-hybridized carbons (Fsp3) is 0.364. The number of likely N-dealkylation sites (N-methyl/N-ethyl adjacent to an activating group) is 1. The first-order valence-electron chi connectivity index (χ1n) is 5.36. The second-order valence-electron chi connectivity index (χ2n) is 4.06. The van der Waals surface area contributed by atoms with E-state index >= 15 is 0 Å². The van der Waals surface area contributed by atoms with Crippen molar-refractivity contribution in [3.05, 3.63) is 29.8 Å². The Morgan fingerprint density at radius 3 is 2.05 bits per heavy atom. The highest BCUT2D eigenvalue weighted by Gasteiger charge is 2.32. The molecule has 112 valence electrons. The Balaban J connectivity index is 3.14. The van der Waals surface area contributed by atoms with Crippen molar-refractivity contribution in [3.8, 4) is 0 Å². The van der Waals surface area contributed by atoms with Gasteiger partial charge in [-0.05, 0) is 31.2 Å². The third-order valence-corrected chi connectivity index (χ3v) is 4.70. The van der Waals surface area contributed by atoms with Crippen LogP contribution < -0.4 is 0 Å². The third-order valence-electron chi connectivity index (χ3n) is 2.76. The molecule has 0 bridgehead atoms. The number of hydrogen-bond acceptors (Lipinski definition) is 3. The summed E-state index contributed by atoms with van der Waals surface area (Å²) in [6.45, 7) is 1.16. The van der Waals surface area contributed by atoms with Crippen molar-refractivity contribution in [1.82, 2.24) is 4.31 Å². The van der Waals surface area contributed by atoms with Gasteiger partial charge in [0.05, 0.1) is 10.5 Å². The topological polar surface area (TPSA) is 74.7 Å². The van der Waals surface area contributed by atoms with E-state index in [0.717, 1.165) is 26.1 Å². The summed E-state index contributed by atoms with van der Waals surface area (Å²) < 4.78 is 61.7. The molecule has 1 aromatic rings. The molecule has 0 fully saturated rings. The fourth-order valence-corrected chi connectivity index (χ4v) is 2.66. The molecule has 1 aromatic carbocycles. The standard InChI is InChI=1S/C11H12F3NO4S/c1-7(10(16)17)15(2)20(18,19)9-5-3-8(4-6-9)11(12,13)14/h3-7H,1-2H3,(H,16,17). The smallest absolute Gasteiger partial charge is 0.416 e. The van der Waals surface area contributed by atoms with Gasteiger partial charge in [-0.3, -0.25) is 4.79 Å². The van der Waals surface area contributed by atoms with E-state index in [2.05, 4.69) is 0 Å². The van der Waals surface area contributed by atoms with Crippen molar-refractivity contribution in [2.45, 2.75) is 24.0 Å². The average Bonchev–Trinajstić information content (AvgIpc) is 2.35. The molecule has 0 aliphatic heterocycles. The predicted octanol–water partition coefficient (Wildman–Crippen LogP) is 1.80. The van der Waals surface area contributed by atoms with E-state index in [4.69, 9.17) is 5.11 Å². The number of alkyl halides is 3. The minimum Gasteiger partial charge on any atom is -0.480 e. The van der Waals surface area contributed by atoms with Crippen molar-refractivity contribution in [2.24, 2.45) is 0 Å². The van der Waals surface area contributed by atoms with Gasteiger partial charge in [0.1, 0.15) is 6.04 Å². The van der Waals surface area contributed by atoms with Gasteiger partial charge in [-0.1, -0.05) is 0 Å². The van der Waals surface area contributed by atoms with Crippen molar-refractivity contribution >= 4 is 16.0 Å². The molecule has 1 unspecified atom stereocenters. The van der Waals surface area contributed by atoms with E-state index in [1.807, 2.05) is 0 Å². The van der Waals surface area contributed by atoms with Crippen LogP contribution in [0.2, 0.25) is 0 Å². The SMILES string of the molecule is CC(C(=O)O)N(C)S(=O)(=O)c1ccc(C(F)(F)F)cc1. The van der Waals surface area contributed by atoms with Crippen LogP contribution in [0.3, 0.4) is 0 Å². The number of sulfonamides is 1. The van der Waals surface area contributed by atoms with E-state index in [-0.39, 0.29) is 0 Å². The molecule has 5 nitrogen and oxygen atoms in total. The van der Waals surface area contributed by atoms with Crippen molar-refractivity contribution in [3.63, 3.8) is 0 Å². The van der Waals surface area contributed by atoms with Crippen LogP contribution in [0.15, 0.2) is 29.2 Å². The Bertz CT molecular complexity index is 595. The Labute approximate surface area is 113 Å². The minimum absolute atomic E-state index is 0.402. The summed E-state index contributed by atoms with van der Waals surface area (Å²) >= 11 is 0. The van der Waals surface area contributed by atoms with Gasteiger partial charge >= 0.3 is 12.1 Å². The van der Waals surface area contributed by atoms with Crippen LogP contribution in [0.1, 0.15) is 12.5 Å². The van der Waals surface area contributed by atoms with Crippen molar-refractivity contribution in [2.75, 3.05) is 7.05 Å². The van der Waals surface area contributed by atoms with Crippen LogP contribution >= 0.6 is 0 Å². The number of carboxylic acids is 1. The summed E-state index contributed by atoms with van der Waals surface area (Å²) in [5.41, 5.74) is -0.981. The summed E-state index contributed by atoms with van der Waals surface area (Å²) in [7, 11) is -3.11. The van der Waals surface area contributed by atoms with E-state index in [1.165, 1.54) is 0 Å². The summed E-state index contributed by atoms with van der Waals surface area (Å²) in [6.07, 6.45) is -4.57. The highest BCUT2D eigenvalue weighted by molar-refractivity contribution is 7.89. The van der Waals surface area contributed by atoms with Crippen LogP contribution in [-0.4, -0.2) is 36.9 Å². The predicted molar refractivity (Wildman–Crippen MR) is 63.5 cm³/mol. The third kappa shape index (κ3) is 3.28. The summed E-state index contributed by atoms with van der Waals surface area (Å²) in [6, 6.07) is 1.52. The number of carbonyl (C=O) groups is 1. The van der Waals surface area contributed by atoms with E-state index in [1.54, 1.807) is 0 Å². The molecule has 0 spiro atoms. The first-order valence-corrected chi connectivity index (χ1v) is 6.80. The quantitative estimate of drug-likeness (QED) is 0.920. The Hall–Kier alpha value is -1.61. The molecular formula is C11H12F3NO4S. The van der Waals surface area contributed by atoms with E-state index < -0.39 is 38.7 Å². The Morgan fingerprint density at radius 1 is 1.25 bits per heavy atom. The first kappa shape index (κ1) is 16.4. The molecular weight excluding hydrogens is 299 g/mol. The summed E-state index contributed by atoms with van der Waals surface area (Å²) in [5.74, 6) is -1.36. The second-order valence-corrected chi connectivity index (χ2v) is 6.06. The lowest BCUT2D eigenvalue weighted by Crippen LogP contribution is -2.40. The molecule has 0 heterocycles. The minimum atomic E-state index is -4.57. The molecule has 0 aromatic heterocycles. The maximum atomic E-state index is 12.4. The molecule has 0 aliphatic carbocycles. The normalized spacial score (nSPS) is 14.3. The van der Waals surface area contributed by atoms with Crippen molar-refractivity contribution in [1.29, 1.82) is 0 Å². The summed E-state index contributed by atoms with van der Waals surface area (Å²) in [5, 5.41) is 8.76. The number of rotatable bonds is 4. The van der Waals surface area contributed by atoms with Gasteiger partial charge in [-0.2, -0.15) is 17.5 Å². The highest BCUT2D eigenvalue weighted by atomic mass is 32.2. The average molecular weight is 311 g/mol. The van der Waals surface area contributed by atoms with Gasteiger partial charge in [0.2, 0.25) is 10.0 Å². The van der Waals surface area contributed by atoms with Crippen LogP contribution in [0.25, 0.3) is 0 Å². The lowest BCUT2D eigenvalue weighted by atomic mass is 10.2. The largest absolute Gasteiger partial charge is 0.480 e. The molecule has 0 aliphatic rings. The zero-order chi connectivity index (χ0) is 15.7. The molecule has 1 rings (SSSR count). The zero-order valence-corrected chi connectivity index (χ0v) is 11.4. The molecule has 0 saturated carbocycles. The Morgan fingerprint density at radius 2 is 1.70 bits per heavy atom. The molecule has 9 heteroatoms. The van der Waals surface area contributed by atoms with Gasteiger partial charge in [-0.15, -0.1) is 0 Å². The Kier molecular flexibility index (Phi) is 4.45. The lowest BCUT2D eigenvalue weighted by molar-refractivity contribution is -0.140. The van der Waals surface area contributed by atoms with Crippen LogP contribution in [0.4, 0.5) is 13.2 Å². The number of carboxylic acid groups (broad SMARTS) is 1. The number of aliphatic carboxylic acids is 1. The van der Waals surface area contributed by atoms with Gasteiger partial charge < -0.3 is 5.11 Å². The summed E-state index contributed by atoms with van der Waals surface area (Å²) in [4.78, 5) is 10.3. The van der Waals surface area contributed by atoms with E-state index in [0.29, 0.717) is 16.4 Å². The number of hydrogen-bond donors (Lipinski definition) is 1. The highest BCUT2D eigenvalue weighted by Crippen LogP contribution is 2.30. The zero-order valence-electron chi connectivity index (χ0n) is 10.5. The van der Waals surface area contributed by atoms with Crippen molar-refractivity contribution < 1.29 is 31.5 Å². The number of benzene rings is 1. The van der Waals surface area contributed by atoms with Gasteiger partial charge in [-0.25, -0.2) is 8.42 Å². The first-order chi connectivity index (χ1) is 8.98.